The monoisotopic (exact) mass is 170 g/mol. The third-order valence-corrected chi connectivity index (χ3v) is 3.26. The van der Waals surface area contributed by atoms with Crippen LogP contribution in [-0.4, -0.2) is 31.7 Å². The third-order valence-electron chi connectivity index (χ3n) is 3.26. The molecule has 3 heterocycles. The first-order valence-electron chi connectivity index (χ1n) is 4.75. The predicted octanol–water partition coefficient (Wildman–Crippen LogP) is 0.783. The molecule has 0 N–H and O–H groups in total. The van der Waals surface area contributed by atoms with E-state index in [1.807, 2.05) is 0 Å². The summed E-state index contributed by atoms with van der Waals surface area (Å²) in [4.78, 5) is 0. The van der Waals surface area contributed by atoms with E-state index in [0.29, 0.717) is 24.0 Å². The Kier molecular flexibility index (Phi) is 1.48. The van der Waals surface area contributed by atoms with Crippen LogP contribution in [0.4, 0.5) is 0 Å². The summed E-state index contributed by atoms with van der Waals surface area (Å²) >= 11 is 0. The molecule has 68 valence electrons. The molecular weight excluding hydrogens is 156 g/mol. The van der Waals surface area contributed by atoms with Gasteiger partial charge in [0.2, 0.25) is 0 Å². The van der Waals surface area contributed by atoms with Gasteiger partial charge in [-0.1, -0.05) is 6.92 Å². The molecule has 3 aliphatic heterocycles. The fraction of sp³-hybridized carbons (Fsp3) is 1.00. The van der Waals surface area contributed by atoms with E-state index in [-0.39, 0.29) is 6.29 Å². The van der Waals surface area contributed by atoms with Gasteiger partial charge < -0.3 is 14.2 Å². The molecule has 0 unspecified atom stereocenters. The maximum atomic E-state index is 5.73. The van der Waals surface area contributed by atoms with E-state index in [1.54, 1.807) is 0 Å². The molecule has 3 aliphatic rings. The van der Waals surface area contributed by atoms with Gasteiger partial charge >= 0.3 is 0 Å². The van der Waals surface area contributed by atoms with E-state index >= 15 is 0 Å². The van der Waals surface area contributed by atoms with Crippen LogP contribution in [0.3, 0.4) is 0 Å². The minimum Gasteiger partial charge on any atom is -0.375 e. The quantitative estimate of drug-likeness (QED) is 0.537. The Bertz CT molecular complexity index is 194. The highest BCUT2D eigenvalue weighted by Crippen LogP contribution is 2.43. The largest absolute Gasteiger partial charge is 0.375 e. The zero-order valence-electron chi connectivity index (χ0n) is 7.23. The molecule has 3 rings (SSSR count). The fourth-order valence-electron chi connectivity index (χ4n) is 2.61. The summed E-state index contributed by atoms with van der Waals surface area (Å²) in [6, 6.07) is 0. The lowest BCUT2D eigenvalue weighted by atomic mass is 9.91. The SMILES string of the molecule is C[C@H]1CO[C@H]2O[C@@H]3CCO[C@@H]3[C@H]21. The van der Waals surface area contributed by atoms with Gasteiger partial charge in [0.15, 0.2) is 6.29 Å². The molecule has 0 aliphatic carbocycles. The maximum absolute atomic E-state index is 5.73. The van der Waals surface area contributed by atoms with Gasteiger partial charge in [-0.2, -0.15) is 0 Å². The van der Waals surface area contributed by atoms with E-state index in [4.69, 9.17) is 14.2 Å². The Morgan fingerprint density at radius 2 is 2.17 bits per heavy atom. The average molecular weight is 170 g/mol. The van der Waals surface area contributed by atoms with Crippen LogP contribution in [-0.2, 0) is 14.2 Å². The second kappa shape index (κ2) is 2.44. The summed E-state index contributed by atoms with van der Waals surface area (Å²) < 4.78 is 16.9. The van der Waals surface area contributed by atoms with E-state index in [2.05, 4.69) is 6.92 Å². The lowest BCUT2D eigenvalue weighted by Crippen LogP contribution is -2.27. The number of fused-ring (bicyclic) bond motifs is 3. The van der Waals surface area contributed by atoms with Crippen molar-refractivity contribution in [1.29, 1.82) is 0 Å². The van der Waals surface area contributed by atoms with Crippen molar-refractivity contribution in [1.82, 2.24) is 0 Å². The van der Waals surface area contributed by atoms with Crippen LogP contribution >= 0.6 is 0 Å². The first-order chi connectivity index (χ1) is 5.86. The molecule has 0 saturated carbocycles. The molecule has 0 bridgehead atoms. The third kappa shape index (κ3) is 0.817. The van der Waals surface area contributed by atoms with E-state index in [0.717, 1.165) is 19.6 Å². The van der Waals surface area contributed by atoms with Crippen LogP contribution in [0.25, 0.3) is 0 Å². The second-order valence-corrected chi connectivity index (χ2v) is 4.05. The molecule has 0 aromatic rings. The molecule has 0 aromatic heterocycles. The Balaban J connectivity index is 1.85. The summed E-state index contributed by atoms with van der Waals surface area (Å²) in [6.07, 6.45) is 1.74. The van der Waals surface area contributed by atoms with Crippen molar-refractivity contribution in [2.75, 3.05) is 13.2 Å². The molecule has 0 aromatic carbocycles. The Hall–Kier alpha value is -0.120. The average Bonchev–Trinajstić information content (AvgIpc) is 2.61. The fourth-order valence-corrected chi connectivity index (χ4v) is 2.61. The first-order valence-corrected chi connectivity index (χ1v) is 4.75. The van der Waals surface area contributed by atoms with Gasteiger partial charge in [-0.3, -0.25) is 0 Å². The molecule has 5 atom stereocenters. The number of hydrogen-bond donors (Lipinski definition) is 0. The van der Waals surface area contributed by atoms with Crippen molar-refractivity contribution in [2.45, 2.75) is 31.8 Å². The Labute approximate surface area is 72.0 Å². The van der Waals surface area contributed by atoms with Gasteiger partial charge in [0.05, 0.1) is 18.8 Å². The van der Waals surface area contributed by atoms with Crippen LogP contribution in [0.15, 0.2) is 0 Å². The van der Waals surface area contributed by atoms with Gasteiger partial charge in [-0.15, -0.1) is 0 Å². The highest BCUT2D eigenvalue weighted by atomic mass is 16.7. The molecule has 3 nitrogen and oxygen atoms in total. The molecule has 3 fully saturated rings. The van der Waals surface area contributed by atoms with Crippen LogP contribution < -0.4 is 0 Å². The Morgan fingerprint density at radius 3 is 3.08 bits per heavy atom. The summed E-state index contributed by atoms with van der Waals surface area (Å²) in [5, 5.41) is 0. The summed E-state index contributed by atoms with van der Waals surface area (Å²) in [7, 11) is 0. The molecule has 0 amide bonds. The van der Waals surface area contributed by atoms with Gasteiger partial charge in [0.1, 0.15) is 0 Å². The maximum Gasteiger partial charge on any atom is 0.163 e. The van der Waals surface area contributed by atoms with Crippen LogP contribution in [0.1, 0.15) is 13.3 Å². The van der Waals surface area contributed by atoms with E-state index < -0.39 is 0 Å². The first kappa shape index (κ1) is 7.30. The van der Waals surface area contributed by atoms with Gasteiger partial charge in [-0.25, -0.2) is 0 Å². The number of ether oxygens (including phenoxy) is 3. The standard InChI is InChI=1S/C9H14O3/c1-5-4-11-9-7(5)8-6(12-9)2-3-10-8/h5-9H,2-4H2,1H3/t5-,6+,7+,8-,9-/m0/s1. The van der Waals surface area contributed by atoms with Crippen molar-refractivity contribution < 1.29 is 14.2 Å². The second-order valence-electron chi connectivity index (χ2n) is 4.05. The lowest BCUT2D eigenvalue weighted by molar-refractivity contribution is -0.116. The molecule has 3 saturated heterocycles. The molecule has 3 heteroatoms. The van der Waals surface area contributed by atoms with Crippen molar-refractivity contribution in [2.24, 2.45) is 11.8 Å². The zero-order chi connectivity index (χ0) is 8.13. The van der Waals surface area contributed by atoms with E-state index in [9.17, 15) is 0 Å². The predicted molar refractivity (Wildman–Crippen MR) is 41.6 cm³/mol. The zero-order valence-corrected chi connectivity index (χ0v) is 7.23. The van der Waals surface area contributed by atoms with Crippen LogP contribution in [0.2, 0.25) is 0 Å². The molecule has 0 radical (unpaired) electrons. The van der Waals surface area contributed by atoms with Crippen LogP contribution in [0.5, 0.6) is 0 Å². The molecule has 12 heavy (non-hydrogen) atoms. The summed E-state index contributed by atoms with van der Waals surface area (Å²) in [5.74, 6) is 1.10. The Morgan fingerprint density at radius 1 is 1.25 bits per heavy atom. The van der Waals surface area contributed by atoms with Gasteiger partial charge in [0.25, 0.3) is 0 Å². The molecular formula is C9H14O3. The highest BCUT2D eigenvalue weighted by molar-refractivity contribution is 4.96. The van der Waals surface area contributed by atoms with Gasteiger partial charge in [0, 0.05) is 12.5 Å². The normalized spacial score (nSPS) is 57.2. The minimum atomic E-state index is 0.0373. The van der Waals surface area contributed by atoms with E-state index in [1.165, 1.54) is 0 Å². The number of rotatable bonds is 0. The smallest absolute Gasteiger partial charge is 0.163 e. The van der Waals surface area contributed by atoms with Crippen molar-refractivity contribution in [3.8, 4) is 0 Å². The van der Waals surface area contributed by atoms with Crippen molar-refractivity contribution in [3.05, 3.63) is 0 Å². The lowest BCUT2D eigenvalue weighted by Gasteiger charge is -2.16. The van der Waals surface area contributed by atoms with Gasteiger partial charge in [-0.05, 0) is 12.3 Å². The minimum absolute atomic E-state index is 0.0373. The summed E-state index contributed by atoms with van der Waals surface area (Å²) in [6.45, 7) is 3.92. The van der Waals surface area contributed by atoms with Crippen LogP contribution in [0, 0.1) is 11.8 Å². The topological polar surface area (TPSA) is 27.7 Å². The number of hydrogen-bond acceptors (Lipinski definition) is 3. The van der Waals surface area contributed by atoms with Crippen molar-refractivity contribution >= 4 is 0 Å². The summed E-state index contributed by atoms with van der Waals surface area (Å²) in [5.41, 5.74) is 0. The van der Waals surface area contributed by atoms with Crippen molar-refractivity contribution in [3.63, 3.8) is 0 Å². The molecule has 0 spiro atoms. The highest BCUT2D eigenvalue weighted by Gasteiger charge is 2.53.